The van der Waals surface area contributed by atoms with Crippen LogP contribution in [-0.4, -0.2) is 36.3 Å². The summed E-state index contributed by atoms with van der Waals surface area (Å²) < 4.78 is 3.52. The molecule has 0 bridgehead atoms. The van der Waals surface area contributed by atoms with E-state index in [9.17, 15) is 0 Å². The summed E-state index contributed by atoms with van der Waals surface area (Å²) in [6.45, 7) is 1.11. The molecule has 0 aliphatic carbocycles. The number of rotatable bonds is 3. The van der Waals surface area contributed by atoms with Crippen LogP contribution in [0.15, 0.2) is 12.5 Å². The molecule has 7 heteroatoms. The van der Waals surface area contributed by atoms with Gasteiger partial charge < -0.3 is 10.3 Å². The number of imidazole rings is 1. The third-order valence-electron chi connectivity index (χ3n) is 1.92. The monoisotopic (exact) mass is 193 g/mol. The van der Waals surface area contributed by atoms with Crippen molar-refractivity contribution < 1.29 is 0 Å². The van der Waals surface area contributed by atoms with Gasteiger partial charge in [-0.3, -0.25) is 0 Å². The van der Waals surface area contributed by atoms with E-state index in [0.717, 1.165) is 5.69 Å². The molecule has 0 atom stereocenters. The van der Waals surface area contributed by atoms with E-state index >= 15 is 0 Å². The molecule has 0 unspecified atom stereocenters. The minimum Gasteiger partial charge on any atom is -0.331 e. The fraction of sp³-hybridized carbons (Fsp3) is 0.429. The van der Waals surface area contributed by atoms with Crippen LogP contribution >= 0.6 is 0 Å². The van der Waals surface area contributed by atoms with E-state index in [1.165, 1.54) is 0 Å². The first-order valence-corrected chi connectivity index (χ1v) is 4.26. The van der Waals surface area contributed by atoms with Gasteiger partial charge in [0, 0.05) is 13.6 Å². The molecule has 0 aliphatic rings. The molecular formula is C7H11N7. The van der Waals surface area contributed by atoms with Crippen molar-refractivity contribution >= 4 is 0 Å². The van der Waals surface area contributed by atoms with Gasteiger partial charge in [-0.15, -0.1) is 5.10 Å². The zero-order valence-corrected chi connectivity index (χ0v) is 7.83. The first kappa shape index (κ1) is 8.82. The summed E-state index contributed by atoms with van der Waals surface area (Å²) in [5.74, 6) is 0.690. The summed E-state index contributed by atoms with van der Waals surface area (Å²) in [5, 5.41) is 11.4. The van der Waals surface area contributed by atoms with Gasteiger partial charge in [0.2, 0.25) is 0 Å². The van der Waals surface area contributed by atoms with E-state index in [-0.39, 0.29) is 0 Å². The highest BCUT2D eigenvalue weighted by atomic mass is 15.5. The van der Waals surface area contributed by atoms with Gasteiger partial charge in [-0.05, 0) is 10.4 Å². The van der Waals surface area contributed by atoms with E-state index in [0.29, 0.717) is 18.9 Å². The normalized spacial score (nSPS) is 10.7. The zero-order chi connectivity index (χ0) is 9.97. The number of nitrogens with zero attached hydrogens (tertiary/aromatic N) is 6. The van der Waals surface area contributed by atoms with Crippen molar-refractivity contribution in [2.24, 2.45) is 12.8 Å². The molecule has 0 aromatic carbocycles. The summed E-state index contributed by atoms with van der Waals surface area (Å²) >= 11 is 0. The Morgan fingerprint density at radius 3 is 3.00 bits per heavy atom. The maximum Gasteiger partial charge on any atom is 0.200 e. The first-order chi connectivity index (χ1) is 6.83. The molecule has 14 heavy (non-hydrogen) atoms. The van der Waals surface area contributed by atoms with Gasteiger partial charge in [-0.25, -0.2) is 9.67 Å². The van der Waals surface area contributed by atoms with Crippen molar-refractivity contribution in [2.75, 3.05) is 6.54 Å². The Bertz CT molecular complexity index is 415. The highest BCUT2D eigenvalue weighted by Gasteiger charge is 2.10. The minimum absolute atomic E-state index is 0.510. The minimum atomic E-state index is 0.510. The average Bonchev–Trinajstić information content (AvgIpc) is 2.74. The molecule has 0 radical (unpaired) electrons. The van der Waals surface area contributed by atoms with Crippen LogP contribution in [0.25, 0.3) is 11.5 Å². The van der Waals surface area contributed by atoms with Crippen molar-refractivity contribution in [3.63, 3.8) is 0 Å². The van der Waals surface area contributed by atoms with E-state index in [1.54, 1.807) is 17.2 Å². The van der Waals surface area contributed by atoms with Gasteiger partial charge in [-0.1, -0.05) is 0 Å². The summed E-state index contributed by atoms with van der Waals surface area (Å²) in [7, 11) is 1.89. The maximum atomic E-state index is 5.44. The van der Waals surface area contributed by atoms with E-state index < -0.39 is 0 Å². The fourth-order valence-corrected chi connectivity index (χ4v) is 1.23. The summed E-state index contributed by atoms with van der Waals surface area (Å²) in [6, 6.07) is 0. The Labute approximate surface area is 80.5 Å². The van der Waals surface area contributed by atoms with Crippen LogP contribution in [0.4, 0.5) is 0 Å². The first-order valence-electron chi connectivity index (χ1n) is 4.26. The summed E-state index contributed by atoms with van der Waals surface area (Å²) in [5.41, 5.74) is 6.32. The van der Waals surface area contributed by atoms with Crippen LogP contribution in [0.5, 0.6) is 0 Å². The van der Waals surface area contributed by atoms with E-state index in [2.05, 4.69) is 20.5 Å². The molecule has 0 saturated heterocycles. The van der Waals surface area contributed by atoms with Crippen molar-refractivity contribution in [2.45, 2.75) is 6.54 Å². The van der Waals surface area contributed by atoms with Crippen molar-refractivity contribution in [3.05, 3.63) is 12.5 Å². The lowest BCUT2D eigenvalue weighted by molar-refractivity contribution is 0.600. The Balaban J connectivity index is 2.41. The number of aryl methyl sites for hydroxylation is 1. The van der Waals surface area contributed by atoms with E-state index in [1.807, 2.05) is 11.6 Å². The van der Waals surface area contributed by atoms with Crippen LogP contribution < -0.4 is 5.73 Å². The lowest BCUT2D eigenvalue weighted by Crippen LogP contribution is -2.13. The Hall–Kier alpha value is -1.76. The fourth-order valence-electron chi connectivity index (χ4n) is 1.23. The van der Waals surface area contributed by atoms with Gasteiger partial charge in [-0.2, -0.15) is 0 Å². The molecule has 2 heterocycles. The molecule has 2 rings (SSSR count). The van der Waals surface area contributed by atoms with Crippen LogP contribution in [-0.2, 0) is 13.6 Å². The largest absolute Gasteiger partial charge is 0.331 e. The quantitative estimate of drug-likeness (QED) is 0.677. The standard InChI is InChI=1S/C7H11N7/c1-13-5-9-4-6(13)7-10-11-12-14(7)3-2-8/h4-5H,2-3,8H2,1H3. The maximum absolute atomic E-state index is 5.44. The second-order valence-corrected chi connectivity index (χ2v) is 2.90. The molecule has 74 valence electrons. The molecule has 0 saturated carbocycles. The SMILES string of the molecule is Cn1cncc1-c1nnnn1CCN. The molecule has 2 aromatic rings. The van der Waals surface area contributed by atoms with Crippen molar-refractivity contribution in [3.8, 4) is 11.5 Å². The van der Waals surface area contributed by atoms with Crippen LogP contribution in [0.1, 0.15) is 0 Å². The Kier molecular flexibility index (Phi) is 2.23. The molecule has 0 fully saturated rings. The molecule has 0 aliphatic heterocycles. The van der Waals surface area contributed by atoms with Gasteiger partial charge in [0.05, 0.1) is 19.1 Å². The van der Waals surface area contributed by atoms with Gasteiger partial charge in [0.15, 0.2) is 5.82 Å². The zero-order valence-electron chi connectivity index (χ0n) is 7.83. The lowest BCUT2D eigenvalue weighted by Gasteiger charge is -2.02. The molecular weight excluding hydrogens is 182 g/mol. The Morgan fingerprint density at radius 2 is 2.36 bits per heavy atom. The second kappa shape index (κ2) is 3.54. The number of nitrogens with two attached hydrogens (primary N) is 1. The highest BCUT2D eigenvalue weighted by molar-refractivity contribution is 5.47. The Morgan fingerprint density at radius 1 is 1.50 bits per heavy atom. The predicted octanol–water partition coefficient (Wildman–Crippen LogP) is -0.968. The van der Waals surface area contributed by atoms with Crippen LogP contribution in [0.2, 0.25) is 0 Å². The molecule has 2 aromatic heterocycles. The van der Waals surface area contributed by atoms with Gasteiger partial charge >= 0.3 is 0 Å². The third-order valence-corrected chi connectivity index (χ3v) is 1.92. The molecule has 0 amide bonds. The number of aromatic nitrogens is 6. The van der Waals surface area contributed by atoms with Crippen molar-refractivity contribution in [1.29, 1.82) is 0 Å². The van der Waals surface area contributed by atoms with Gasteiger partial charge in [0.25, 0.3) is 0 Å². The highest BCUT2D eigenvalue weighted by Crippen LogP contribution is 2.12. The number of hydrogen-bond donors (Lipinski definition) is 1. The average molecular weight is 193 g/mol. The predicted molar refractivity (Wildman–Crippen MR) is 49.1 cm³/mol. The smallest absolute Gasteiger partial charge is 0.200 e. The number of tetrazole rings is 1. The third kappa shape index (κ3) is 1.37. The van der Waals surface area contributed by atoms with E-state index in [4.69, 9.17) is 5.73 Å². The topological polar surface area (TPSA) is 87.4 Å². The number of hydrogen-bond acceptors (Lipinski definition) is 5. The molecule has 0 spiro atoms. The summed E-state index contributed by atoms with van der Waals surface area (Å²) in [6.07, 6.45) is 3.43. The summed E-state index contributed by atoms with van der Waals surface area (Å²) in [4.78, 5) is 4.00. The van der Waals surface area contributed by atoms with Crippen molar-refractivity contribution in [1.82, 2.24) is 29.8 Å². The second-order valence-electron chi connectivity index (χ2n) is 2.90. The molecule has 2 N–H and O–H groups in total. The van der Waals surface area contributed by atoms with Crippen LogP contribution in [0.3, 0.4) is 0 Å². The van der Waals surface area contributed by atoms with Crippen LogP contribution in [0, 0.1) is 0 Å². The molecule has 7 nitrogen and oxygen atoms in total. The van der Waals surface area contributed by atoms with Gasteiger partial charge in [0.1, 0.15) is 5.69 Å². The lowest BCUT2D eigenvalue weighted by atomic mass is 10.4.